The minimum atomic E-state index is -1.56. The van der Waals surface area contributed by atoms with Gasteiger partial charge in [-0.1, -0.05) is 386 Å². The molecule has 6 N–H and O–H groups in total. The summed E-state index contributed by atoms with van der Waals surface area (Å²) in [5.41, 5.74) is 0. The molecule has 0 aromatic heterocycles. The van der Waals surface area contributed by atoms with E-state index in [1.807, 2.05) is 6.08 Å². The number of carbonyl (C=O) groups is 1. The van der Waals surface area contributed by atoms with Crippen LogP contribution in [0.5, 0.6) is 0 Å². The third kappa shape index (κ3) is 52.6. The summed E-state index contributed by atoms with van der Waals surface area (Å²) >= 11 is 0. The van der Waals surface area contributed by atoms with E-state index >= 15 is 0 Å². The molecule has 9 heteroatoms. The fraction of sp³-hybridized carbons (Fsp3) is 0.959. The van der Waals surface area contributed by atoms with E-state index in [1.54, 1.807) is 6.08 Å². The van der Waals surface area contributed by atoms with Crippen molar-refractivity contribution >= 4 is 5.91 Å². The van der Waals surface area contributed by atoms with Gasteiger partial charge in [0.15, 0.2) is 6.29 Å². The van der Waals surface area contributed by atoms with Gasteiger partial charge in [0.25, 0.3) is 0 Å². The lowest BCUT2D eigenvalue weighted by atomic mass is 9.99. The summed E-state index contributed by atoms with van der Waals surface area (Å²) in [4.78, 5) is 13.1. The maximum absolute atomic E-state index is 13.1. The first-order chi connectivity index (χ1) is 40.8. The van der Waals surface area contributed by atoms with Crippen molar-refractivity contribution in [3.8, 4) is 0 Å². The molecule has 0 aromatic carbocycles. The maximum Gasteiger partial charge on any atom is 0.220 e. The number of carbonyl (C=O) groups excluding carboxylic acids is 1. The predicted octanol–water partition coefficient (Wildman–Crippen LogP) is 20.7. The molecule has 1 heterocycles. The highest BCUT2D eigenvalue weighted by molar-refractivity contribution is 5.76. The summed E-state index contributed by atoms with van der Waals surface area (Å²) in [5, 5.41) is 54.8. The second kappa shape index (κ2) is 63.9. The third-order valence-electron chi connectivity index (χ3n) is 18.4. The normalized spacial score (nSPS) is 18.2. The van der Waals surface area contributed by atoms with Crippen LogP contribution in [0.3, 0.4) is 0 Å². The van der Waals surface area contributed by atoms with Gasteiger partial charge in [-0.05, 0) is 19.3 Å². The Morgan fingerprint density at radius 1 is 0.398 bits per heavy atom. The number of rotatable bonds is 67. The molecular weight excluding hydrogens is 1030 g/mol. The highest BCUT2D eigenvalue weighted by Gasteiger charge is 2.44. The Balaban J connectivity index is 2.09. The number of aliphatic hydroxyl groups excluding tert-OH is 5. The molecule has 1 saturated heterocycles. The monoisotopic (exact) mass is 1180 g/mol. The summed E-state index contributed by atoms with van der Waals surface area (Å²) in [6, 6.07) is -0.802. The van der Waals surface area contributed by atoms with Gasteiger partial charge in [0.05, 0.1) is 25.4 Å². The predicted molar refractivity (Wildman–Crippen MR) is 355 cm³/mol. The minimum Gasteiger partial charge on any atom is -0.394 e. The topological polar surface area (TPSA) is 149 Å². The second-order valence-corrected chi connectivity index (χ2v) is 26.5. The highest BCUT2D eigenvalue weighted by atomic mass is 16.7. The molecule has 0 saturated carbocycles. The van der Waals surface area contributed by atoms with Crippen molar-refractivity contribution in [3.05, 3.63) is 12.2 Å². The first kappa shape index (κ1) is 79.9. The lowest BCUT2D eigenvalue weighted by Crippen LogP contribution is -2.60. The van der Waals surface area contributed by atoms with Crippen LogP contribution in [0.2, 0.25) is 0 Å². The molecule has 494 valence electrons. The molecule has 0 spiro atoms. The van der Waals surface area contributed by atoms with Crippen molar-refractivity contribution in [2.24, 2.45) is 0 Å². The Hall–Kier alpha value is -1.07. The van der Waals surface area contributed by atoms with Crippen molar-refractivity contribution < 1.29 is 39.8 Å². The number of hydrogen-bond donors (Lipinski definition) is 6. The molecule has 0 aromatic rings. The Kier molecular flexibility index (Phi) is 61.6. The number of nitrogens with one attached hydrogen (secondary N) is 1. The summed E-state index contributed by atoms with van der Waals surface area (Å²) in [6.07, 6.45) is 76.3. The van der Waals surface area contributed by atoms with E-state index in [2.05, 4.69) is 19.2 Å². The number of amides is 1. The number of ether oxygens (including phenoxy) is 2. The van der Waals surface area contributed by atoms with E-state index in [9.17, 15) is 30.3 Å². The van der Waals surface area contributed by atoms with E-state index < -0.39 is 49.5 Å². The largest absolute Gasteiger partial charge is 0.394 e. The second-order valence-electron chi connectivity index (χ2n) is 26.5. The van der Waals surface area contributed by atoms with Gasteiger partial charge in [0, 0.05) is 6.42 Å². The molecule has 1 amide bonds. The summed E-state index contributed by atoms with van der Waals surface area (Å²) in [7, 11) is 0. The summed E-state index contributed by atoms with van der Waals surface area (Å²) in [5.74, 6) is -0.166. The number of hydrogen-bond acceptors (Lipinski definition) is 8. The van der Waals surface area contributed by atoms with Crippen LogP contribution in [0.15, 0.2) is 12.2 Å². The standard InChI is InChI=1S/C74H145NO8/c1-3-5-7-9-11-13-15-17-19-21-23-25-27-29-31-33-34-35-36-38-40-42-44-46-48-50-52-54-56-58-60-62-64-70(78)75-67(66-82-74-73(81)72(80)71(79)69(65-76)83-74)68(77)63-61-59-57-55-53-51-49-47-45-43-41-39-37-32-30-28-26-24-22-20-18-16-14-12-10-8-6-4-2/h61,63,67-69,71-74,76-77,79-81H,3-60,62,64-66H2,1-2H3,(H,75,78)/b63-61+. The van der Waals surface area contributed by atoms with Gasteiger partial charge in [0.2, 0.25) is 5.91 Å². The molecule has 0 aliphatic carbocycles. The smallest absolute Gasteiger partial charge is 0.220 e. The fourth-order valence-corrected chi connectivity index (χ4v) is 12.5. The van der Waals surface area contributed by atoms with Crippen LogP contribution in [0.25, 0.3) is 0 Å². The Bertz CT molecular complexity index is 1320. The zero-order valence-electron chi connectivity index (χ0n) is 55.5. The van der Waals surface area contributed by atoms with Crippen molar-refractivity contribution in [3.63, 3.8) is 0 Å². The zero-order chi connectivity index (χ0) is 60.0. The van der Waals surface area contributed by atoms with Gasteiger partial charge in [-0.3, -0.25) is 4.79 Å². The Morgan fingerprint density at radius 2 is 0.663 bits per heavy atom. The fourth-order valence-electron chi connectivity index (χ4n) is 12.5. The van der Waals surface area contributed by atoms with Crippen LogP contribution in [0.1, 0.15) is 399 Å². The van der Waals surface area contributed by atoms with E-state index in [0.717, 1.165) is 38.5 Å². The average Bonchev–Trinajstić information content (AvgIpc) is 3.49. The first-order valence-electron chi connectivity index (χ1n) is 37.4. The minimum absolute atomic E-state index is 0.166. The van der Waals surface area contributed by atoms with Gasteiger partial charge in [-0.15, -0.1) is 0 Å². The van der Waals surface area contributed by atoms with Crippen LogP contribution in [0.4, 0.5) is 0 Å². The lowest BCUT2D eigenvalue weighted by molar-refractivity contribution is -0.302. The average molecular weight is 1180 g/mol. The van der Waals surface area contributed by atoms with E-state index in [-0.39, 0.29) is 12.5 Å². The lowest BCUT2D eigenvalue weighted by Gasteiger charge is -2.40. The SMILES string of the molecule is CCCCCCCCCCCCCCCCCCCCCCCCCCCC/C=C/C(O)C(COC1OC(CO)C(O)C(O)C1O)NC(=O)CCCCCCCCCCCCCCCCCCCCCCCCCCCCCCCCCC. The van der Waals surface area contributed by atoms with Crippen LogP contribution in [-0.2, 0) is 14.3 Å². The molecule has 0 bridgehead atoms. The third-order valence-corrected chi connectivity index (χ3v) is 18.4. The van der Waals surface area contributed by atoms with Gasteiger partial charge in [-0.2, -0.15) is 0 Å². The van der Waals surface area contributed by atoms with Crippen molar-refractivity contribution in [2.45, 2.75) is 442 Å². The van der Waals surface area contributed by atoms with E-state index in [0.29, 0.717) is 6.42 Å². The number of aliphatic hydroxyl groups is 5. The molecule has 1 fully saturated rings. The van der Waals surface area contributed by atoms with Gasteiger partial charge in [-0.25, -0.2) is 0 Å². The van der Waals surface area contributed by atoms with Crippen LogP contribution >= 0.6 is 0 Å². The molecule has 1 rings (SSSR count). The first-order valence-corrected chi connectivity index (χ1v) is 37.4. The summed E-state index contributed by atoms with van der Waals surface area (Å²) < 4.78 is 11.3. The van der Waals surface area contributed by atoms with Crippen LogP contribution in [-0.4, -0.2) is 87.5 Å². The molecular formula is C74H145NO8. The molecule has 7 atom stereocenters. The Morgan fingerprint density at radius 3 is 0.940 bits per heavy atom. The molecule has 1 aliphatic rings. The van der Waals surface area contributed by atoms with Crippen LogP contribution in [0, 0.1) is 0 Å². The van der Waals surface area contributed by atoms with Gasteiger partial charge >= 0.3 is 0 Å². The van der Waals surface area contributed by atoms with Crippen LogP contribution < -0.4 is 5.32 Å². The zero-order valence-corrected chi connectivity index (χ0v) is 55.5. The van der Waals surface area contributed by atoms with Crippen molar-refractivity contribution in [1.82, 2.24) is 5.32 Å². The quantitative estimate of drug-likeness (QED) is 0.0261. The molecule has 0 radical (unpaired) electrons. The maximum atomic E-state index is 13.1. The van der Waals surface area contributed by atoms with Crippen molar-refractivity contribution in [2.75, 3.05) is 13.2 Å². The van der Waals surface area contributed by atoms with Gasteiger partial charge in [0.1, 0.15) is 24.4 Å². The summed E-state index contributed by atoms with van der Waals surface area (Å²) in [6.45, 7) is 3.85. The van der Waals surface area contributed by atoms with E-state index in [1.165, 1.54) is 340 Å². The Labute approximate surface area is 516 Å². The number of unbranched alkanes of at least 4 members (excludes halogenated alkanes) is 57. The molecule has 83 heavy (non-hydrogen) atoms. The molecule has 7 unspecified atom stereocenters. The molecule has 1 aliphatic heterocycles. The van der Waals surface area contributed by atoms with Crippen molar-refractivity contribution in [1.29, 1.82) is 0 Å². The molecule has 9 nitrogen and oxygen atoms in total. The number of allylic oxidation sites excluding steroid dienone is 1. The van der Waals surface area contributed by atoms with E-state index in [4.69, 9.17) is 9.47 Å². The van der Waals surface area contributed by atoms with Gasteiger partial charge < -0.3 is 40.3 Å². The highest BCUT2D eigenvalue weighted by Crippen LogP contribution is 2.24.